The Bertz CT molecular complexity index is 1300. The number of phenols is 1. The second-order valence-electron chi connectivity index (χ2n) is 7.88. The molecule has 3 aromatic rings. The highest BCUT2D eigenvalue weighted by molar-refractivity contribution is 6.23. The number of hydrogen-bond acceptors (Lipinski definition) is 8. The minimum Gasteiger partial charge on any atom is -0.504 e. The largest absolute Gasteiger partial charge is 0.504 e. The fourth-order valence-electron chi connectivity index (χ4n) is 4.43. The molecule has 5 rings (SSSR count). The Labute approximate surface area is 193 Å². The SMILES string of the molecule is COc1cc([C@H]2[C@H]3C(=O)N(c4ccccc4)C(=O)[C@@H]3ON2c2cccc([N+](=O)[O-])c2)ccc1O. The Morgan fingerprint density at radius 3 is 2.41 bits per heavy atom. The molecule has 0 radical (unpaired) electrons. The van der Waals surface area contributed by atoms with Crippen LogP contribution < -0.4 is 14.7 Å². The number of non-ortho nitro benzene ring substituents is 1. The molecule has 2 saturated heterocycles. The topological polar surface area (TPSA) is 122 Å². The van der Waals surface area contributed by atoms with Crippen LogP contribution in [0.5, 0.6) is 11.5 Å². The number of aromatic hydroxyl groups is 1. The highest BCUT2D eigenvalue weighted by Gasteiger charge is 2.60. The van der Waals surface area contributed by atoms with Crippen molar-refractivity contribution in [3.05, 3.63) is 88.5 Å². The van der Waals surface area contributed by atoms with Crippen molar-refractivity contribution in [2.24, 2.45) is 5.92 Å². The molecule has 10 heteroatoms. The molecule has 2 amide bonds. The van der Waals surface area contributed by atoms with Gasteiger partial charge in [-0.15, -0.1) is 0 Å². The number of para-hydroxylation sites is 1. The molecule has 0 unspecified atom stereocenters. The van der Waals surface area contributed by atoms with E-state index in [4.69, 9.17) is 9.57 Å². The number of phenolic OH excluding ortho intramolecular Hbond substituents is 1. The summed E-state index contributed by atoms with van der Waals surface area (Å²) in [7, 11) is 1.40. The van der Waals surface area contributed by atoms with Gasteiger partial charge in [-0.1, -0.05) is 30.3 Å². The lowest BCUT2D eigenvalue weighted by Gasteiger charge is -2.29. The number of anilines is 2. The van der Waals surface area contributed by atoms with Crippen LogP contribution in [0.1, 0.15) is 11.6 Å². The molecule has 0 spiro atoms. The number of carbonyl (C=O) groups excluding carboxylic acids is 2. The number of hydroxylamine groups is 1. The van der Waals surface area contributed by atoms with E-state index in [1.807, 2.05) is 0 Å². The van der Waals surface area contributed by atoms with Gasteiger partial charge in [0.1, 0.15) is 5.92 Å². The van der Waals surface area contributed by atoms with Crippen LogP contribution in [0.2, 0.25) is 0 Å². The van der Waals surface area contributed by atoms with Crippen LogP contribution in [0.4, 0.5) is 17.1 Å². The molecule has 0 bridgehead atoms. The minimum atomic E-state index is -1.13. The normalized spacial score (nSPS) is 21.6. The van der Waals surface area contributed by atoms with Crippen molar-refractivity contribution in [2.45, 2.75) is 12.1 Å². The van der Waals surface area contributed by atoms with E-state index in [-0.39, 0.29) is 17.2 Å². The molecule has 34 heavy (non-hydrogen) atoms. The monoisotopic (exact) mass is 461 g/mol. The summed E-state index contributed by atoms with van der Waals surface area (Å²) in [6, 6.07) is 18.1. The van der Waals surface area contributed by atoms with Crippen LogP contribution in [0.15, 0.2) is 72.8 Å². The average Bonchev–Trinajstić information content (AvgIpc) is 3.36. The number of carbonyl (C=O) groups is 2. The first kappa shape index (κ1) is 21.4. The molecule has 10 nitrogen and oxygen atoms in total. The number of methoxy groups -OCH3 is 1. The average molecular weight is 461 g/mol. The molecule has 0 aromatic heterocycles. The first-order valence-electron chi connectivity index (χ1n) is 10.4. The number of nitro groups is 1. The van der Waals surface area contributed by atoms with Gasteiger partial charge >= 0.3 is 0 Å². The Hall–Kier alpha value is -4.44. The zero-order valence-electron chi connectivity index (χ0n) is 17.9. The lowest BCUT2D eigenvalue weighted by Crippen LogP contribution is -2.37. The van der Waals surface area contributed by atoms with Crippen molar-refractivity contribution in [1.29, 1.82) is 0 Å². The summed E-state index contributed by atoms with van der Waals surface area (Å²) in [6.07, 6.45) is -1.13. The summed E-state index contributed by atoms with van der Waals surface area (Å²) >= 11 is 0. The molecule has 2 aliphatic rings. The molecule has 2 aliphatic heterocycles. The van der Waals surface area contributed by atoms with Crippen LogP contribution >= 0.6 is 0 Å². The standard InChI is InChI=1S/C24H19N3O7/c1-33-19-12-14(10-11-18(19)28)21-20-22(24(30)25(23(20)29)15-6-3-2-4-7-15)34-26(21)16-8-5-9-17(13-16)27(31)32/h2-13,20-22,28H,1H3/t20-,21+,22-/m1/s1. The van der Waals surface area contributed by atoms with Crippen molar-refractivity contribution >= 4 is 28.9 Å². The van der Waals surface area contributed by atoms with E-state index in [1.165, 1.54) is 36.4 Å². The number of amides is 2. The predicted molar refractivity (Wildman–Crippen MR) is 120 cm³/mol. The van der Waals surface area contributed by atoms with Crippen LogP contribution in [-0.4, -0.2) is 35.1 Å². The number of rotatable bonds is 5. The molecule has 2 heterocycles. The number of ether oxygens (including phenoxy) is 1. The number of benzene rings is 3. The van der Waals surface area contributed by atoms with Crippen molar-refractivity contribution < 1.29 is 29.2 Å². The fraction of sp³-hybridized carbons (Fsp3) is 0.167. The van der Waals surface area contributed by atoms with Crippen LogP contribution in [0.25, 0.3) is 0 Å². The molecule has 3 aromatic carbocycles. The van der Waals surface area contributed by atoms with Gasteiger partial charge in [-0.3, -0.25) is 24.5 Å². The number of hydrogen-bond donors (Lipinski definition) is 1. The van der Waals surface area contributed by atoms with Gasteiger partial charge in [-0.2, -0.15) is 0 Å². The Morgan fingerprint density at radius 1 is 0.971 bits per heavy atom. The lowest BCUT2D eigenvalue weighted by molar-refractivity contribution is -0.384. The van der Waals surface area contributed by atoms with Crippen LogP contribution in [0.3, 0.4) is 0 Å². The third kappa shape index (κ3) is 3.32. The van der Waals surface area contributed by atoms with Gasteiger partial charge < -0.3 is 9.84 Å². The maximum Gasteiger partial charge on any atom is 0.271 e. The number of fused-ring (bicyclic) bond motifs is 1. The Kier molecular flexibility index (Phi) is 5.14. The van der Waals surface area contributed by atoms with Crippen molar-refractivity contribution in [1.82, 2.24) is 0 Å². The van der Waals surface area contributed by atoms with Crippen LogP contribution in [-0.2, 0) is 14.4 Å². The van der Waals surface area contributed by atoms with E-state index >= 15 is 0 Å². The quantitative estimate of drug-likeness (QED) is 0.349. The van der Waals surface area contributed by atoms with Crippen LogP contribution in [0, 0.1) is 16.0 Å². The summed E-state index contributed by atoms with van der Waals surface area (Å²) in [4.78, 5) is 44.7. The molecule has 1 N–H and O–H groups in total. The second-order valence-corrected chi connectivity index (χ2v) is 7.88. The summed E-state index contributed by atoms with van der Waals surface area (Å²) in [5.74, 6) is -1.82. The zero-order valence-corrected chi connectivity index (χ0v) is 17.9. The van der Waals surface area contributed by atoms with Gasteiger partial charge in [-0.05, 0) is 35.9 Å². The lowest BCUT2D eigenvalue weighted by atomic mass is 9.90. The second kappa shape index (κ2) is 8.16. The summed E-state index contributed by atoms with van der Waals surface area (Å²) < 4.78 is 5.23. The van der Waals surface area contributed by atoms with E-state index in [0.29, 0.717) is 16.9 Å². The van der Waals surface area contributed by atoms with Gasteiger partial charge in [-0.25, -0.2) is 9.96 Å². The summed E-state index contributed by atoms with van der Waals surface area (Å²) in [5.41, 5.74) is 1.11. The third-order valence-corrected chi connectivity index (χ3v) is 5.97. The molecule has 0 aliphatic carbocycles. The zero-order chi connectivity index (χ0) is 24.0. The van der Waals surface area contributed by atoms with Gasteiger partial charge in [0.05, 0.1) is 29.4 Å². The van der Waals surface area contributed by atoms with E-state index in [0.717, 1.165) is 4.90 Å². The third-order valence-electron chi connectivity index (χ3n) is 5.97. The number of imide groups is 1. The first-order chi connectivity index (χ1) is 16.4. The van der Waals surface area contributed by atoms with Crippen molar-refractivity contribution in [2.75, 3.05) is 17.1 Å². The van der Waals surface area contributed by atoms with E-state index in [9.17, 15) is 24.8 Å². The number of nitrogens with zero attached hydrogens (tertiary/aromatic N) is 3. The van der Waals surface area contributed by atoms with Crippen molar-refractivity contribution in [3.8, 4) is 11.5 Å². The summed E-state index contributed by atoms with van der Waals surface area (Å²) in [5, 5.41) is 22.7. The number of nitro benzene ring substituents is 1. The van der Waals surface area contributed by atoms with Crippen molar-refractivity contribution in [3.63, 3.8) is 0 Å². The molecule has 0 saturated carbocycles. The molecule has 3 atom stereocenters. The van der Waals surface area contributed by atoms with Gasteiger partial charge in [0.2, 0.25) is 5.91 Å². The molecular weight excluding hydrogens is 442 g/mol. The fourth-order valence-corrected chi connectivity index (χ4v) is 4.43. The Morgan fingerprint density at radius 2 is 1.71 bits per heavy atom. The van der Waals surface area contributed by atoms with Gasteiger partial charge in [0.15, 0.2) is 17.6 Å². The highest BCUT2D eigenvalue weighted by atomic mass is 16.7. The molecule has 2 fully saturated rings. The minimum absolute atomic E-state index is 0.0941. The smallest absolute Gasteiger partial charge is 0.271 e. The maximum atomic E-state index is 13.6. The molecule has 172 valence electrons. The maximum absolute atomic E-state index is 13.6. The van der Waals surface area contributed by atoms with E-state index in [1.54, 1.807) is 48.5 Å². The summed E-state index contributed by atoms with van der Waals surface area (Å²) in [6.45, 7) is 0. The van der Waals surface area contributed by atoms with E-state index < -0.39 is 34.8 Å². The van der Waals surface area contributed by atoms with Gasteiger partial charge in [0.25, 0.3) is 11.6 Å². The first-order valence-corrected chi connectivity index (χ1v) is 10.4. The highest BCUT2D eigenvalue weighted by Crippen LogP contribution is 2.49. The molecular formula is C24H19N3O7. The predicted octanol–water partition coefficient (Wildman–Crippen LogP) is 3.36. The Balaban J connectivity index is 1.62. The van der Waals surface area contributed by atoms with Gasteiger partial charge in [0, 0.05) is 12.1 Å². The van der Waals surface area contributed by atoms with E-state index in [2.05, 4.69) is 0 Å².